The lowest BCUT2D eigenvalue weighted by molar-refractivity contribution is 0.454. The Morgan fingerprint density at radius 1 is 0.596 bits per heavy atom. The molecule has 0 bridgehead atoms. The number of rotatable bonds is 8. The molecule has 0 amide bonds. The Morgan fingerprint density at radius 3 is 2.09 bits per heavy atom. The molecule has 0 fully saturated rings. The average molecular weight is 728 g/mol. The molecule has 0 saturated heterocycles. The second-order valence-electron chi connectivity index (χ2n) is 15.0. The Labute approximate surface area is 336 Å². The fourth-order valence-electron chi connectivity index (χ4n) is 9.36. The van der Waals surface area contributed by atoms with E-state index in [1.54, 1.807) is 0 Å². The maximum Gasteiger partial charge on any atom is 0.0605 e. The van der Waals surface area contributed by atoms with E-state index >= 15 is 0 Å². The number of hydrogen-bond donors (Lipinski definition) is 0. The van der Waals surface area contributed by atoms with E-state index in [-0.39, 0.29) is 11.8 Å². The molecule has 1 nitrogen and oxygen atoms in total. The van der Waals surface area contributed by atoms with Gasteiger partial charge in [0, 0.05) is 34.3 Å². The highest BCUT2D eigenvalue weighted by Gasteiger charge is 2.53. The van der Waals surface area contributed by atoms with Crippen LogP contribution in [-0.4, -0.2) is 0 Å². The Balaban J connectivity index is 1.20. The zero-order valence-corrected chi connectivity index (χ0v) is 31.7. The highest BCUT2D eigenvalue weighted by molar-refractivity contribution is 5.89. The van der Waals surface area contributed by atoms with Crippen LogP contribution in [0.15, 0.2) is 230 Å². The van der Waals surface area contributed by atoms with Crippen molar-refractivity contribution in [3.05, 3.63) is 270 Å². The summed E-state index contributed by atoms with van der Waals surface area (Å²) < 4.78 is 0. The first-order chi connectivity index (χ1) is 28.3. The normalized spacial score (nSPS) is 17.4. The van der Waals surface area contributed by atoms with E-state index in [9.17, 15) is 0 Å². The highest BCUT2D eigenvalue weighted by Crippen LogP contribution is 2.60. The van der Waals surface area contributed by atoms with Crippen molar-refractivity contribution in [2.45, 2.75) is 17.8 Å². The predicted molar refractivity (Wildman–Crippen MR) is 237 cm³/mol. The third-order valence-electron chi connectivity index (χ3n) is 11.9. The maximum absolute atomic E-state index is 3.62. The van der Waals surface area contributed by atoms with Gasteiger partial charge in [0.25, 0.3) is 0 Å². The number of anilines is 2. The molecule has 0 spiro atoms. The minimum absolute atomic E-state index is 0.0728. The number of fused-ring (bicyclic) bond motifs is 3. The first-order valence-electron chi connectivity index (χ1n) is 19.9. The van der Waals surface area contributed by atoms with Crippen molar-refractivity contribution < 1.29 is 0 Å². The van der Waals surface area contributed by atoms with Gasteiger partial charge in [-0.2, -0.15) is 0 Å². The molecule has 0 saturated carbocycles. The quantitative estimate of drug-likeness (QED) is 0.151. The monoisotopic (exact) mass is 727 g/mol. The van der Waals surface area contributed by atoms with Crippen molar-refractivity contribution in [3.63, 3.8) is 0 Å². The van der Waals surface area contributed by atoms with Crippen LogP contribution in [0, 0.1) is 18.1 Å². The summed E-state index contributed by atoms with van der Waals surface area (Å²) in [6.07, 6.45) is 19.2. The molecule has 0 N–H and O–H groups in total. The molecule has 0 aliphatic heterocycles. The van der Waals surface area contributed by atoms with Gasteiger partial charge in [-0.3, -0.25) is 0 Å². The van der Waals surface area contributed by atoms with Crippen LogP contribution in [0.25, 0.3) is 27.8 Å². The van der Waals surface area contributed by atoms with Crippen molar-refractivity contribution in [1.82, 2.24) is 0 Å². The summed E-state index contributed by atoms with van der Waals surface area (Å²) in [7, 11) is 0. The van der Waals surface area contributed by atoms with Crippen molar-refractivity contribution >= 4 is 16.9 Å². The summed E-state index contributed by atoms with van der Waals surface area (Å²) in [6, 6.07) is 70.9. The van der Waals surface area contributed by atoms with Crippen molar-refractivity contribution in [2.75, 3.05) is 4.90 Å². The van der Waals surface area contributed by atoms with E-state index in [4.69, 9.17) is 0 Å². The molecule has 270 valence electrons. The van der Waals surface area contributed by atoms with E-state index in [1.165, 1.54) is 50.1 Å². The molecule has 3 aliphatic carbocycles. The van der Waals surface area contributed by atoms with Crippen LogP contribution in [-0.2, 0) is 5.41 Å². The van der Waals surface area contributed by atoms with Crippen LogP contribution in [0.2, 0.25) is 0 Å². The van der Waals surface area contributed by atoms with Gasteiger partial charge in [0.1, 0.15) is 0 Å². The number of benzene rings is 6. The summed E-state index contributed by atoms with van der Waals surface area (Å²) in [6.45, 7) is 0. The van der Waals surface area contributed by atoms with Gasteiger partial charge < -0.3 is 4.90 Å². The molecular formula is C56H41N. The van der Waals surface area contributed by atoms with Crippen LogP contribution in [0.1, 0.15) is 40.2 Å². The van der Waals surface area contributed by atoms with Gasteiger partial charge in [-0.25, -0.2) is 0 Å². The van der Waals surface area contributed by atoms with E-state index in [0.717, 1.165) is 29.1 Å². The van der Waals surface area contributed by atoms with Gasteiger partial charge in [-0.15, -0.1) is 0 Å². The zero-order chi connectivity index (χ0) is 38.0. The lowest BCUT2D eigenvalue weighted by Crippen LogP contribution is -2.36. The minimum Gasteiger partial charge on any atom is -0.310 e. The van der Waals surface area contributed by atoms with Crippen molar-refractivity contribution in [1.29, 1.82) is 0 Å². The Morgan fingerprint density at radius 2 is 1.32 bits per heavy atom. The topological polar surface area (TPSA) is 3.24 Å². The zero-order valence-electron chi connectivity index (χ0n) is 31.7. The van der Waals surface area contributed by atoms with E-state index in [1.807, 2.05) is 6.07 Å². The van der Waals surface area contributed by atoms with Gasteiger partial charge in [-0.1, -0.05) is 194 Å². The SMILES string of the molecule is c1cccc(C2(c3ccccc3)c3ccccc3[C@@H]3C=CC(N(c4ccc(C5=CCC=CC=C5)cc4)c4ccc(-c5ccccc5)cc4-c4ccccc4)=CC32)c#1. The second kappa shape index (κ2) is 14.8. The molecule has 3 atom stereocenters. The molecule has 3 aliphatic rings. The minimum atomic E-state index is -0.475. The van der Waals surface area contributed by atoms with Gasteiger partial charge >= 0.3 is 0 Å². The van der Waals surface area contributed by atoms with Crippen LogP contribution in [0.4, 0.5) is 11.4 Å². The van der Waals surface area contributed by atoms with Crippen LogP contribution >= 0.6 is 0 Å². The van der Waals surface area contributed by atoms with Gasteiger partial charge in [0.2, 0.25) is 0 Å². The van der Waals surface area contributed by atoms with Gasteiger partial charge in [-0.05, 0) is 93.4 Å². The van der Waals surface area contributed by atoms with Crippen LogP contribution < -0.4 is 4.90 Å². The number of hydrogen-bond acceptors (Lipinski definition) is 1. The number of allylic oxidation sites excluding steroid dienone is 9. The Kier molecular flexibility index (Phi) is 8.94. The fourth-order valence-corrected chi connectivity index (χ4v) is 9.36. The molecule has 0 aromatic heterocycles. The van der Waals surface area contributed by atoms with Crippen molar-refractivity contribution in [2.24, 2.45) is 5.92 Å². The fraction of sp³-hybridized carbons (Fsp3) is 0.0714. The van der Waals surface area contributed by atoms with E-state index < -0.39 is 5.41 Å². The number of nitrogens with zero attached hydrogens (tertiary/aromatic N) is 1. The maximum atomic E-state index is 3.62. The summed E-state index contributed by atoms with van der Waals surface area (Å²) in [5.41, 5.74) is 15.2. The molecule has 1 heteroatoms. The second-order valence-corrected chi connectivity index (χ2v) is 15.0. The molecular weight excluding hydrogens is 687 g/mol. The predicted octanol–water partition coefficient (Wildman–Crippen LogP) is 13.9. The summed E-state index contributed by atoms with van der Waals surface area (Å²) in [5.74, 6) is 0.253. The Hall–Kier alpha value is -7.14. The largest absolute Gasteiger partial charge is 0.310 e. The lowest BCUT2D eigenvalue weighted by Gasteiger charge is -2.40. The van der Waals surface area contributed by atoms with Gasteiger partial charge in [0.15, 0.2) is 0 Å². The third kappa shape index (κ3) is 6.08. The highest BCUT2D eigenvalue weighted by atomic mass is 15.1. The molecule has 0 heterocycles. The average Bonchev–Trinajstić information content (AvgIpc) is 3.39. The summed E-state index contributed by atoms with van der Waals surface area (Å²) in [5, 5.41) is 0. The molecule has 7 aromatic rings. The molecule has 0 radical (unpaired) electrons. The van der Waals surface area contributed by atoms with Gasteiger partial charge in [0.05, 0.1) is 11.1 Å². The Bertz CT molecular complexity index is 2640. The molecule has 10 rings (SSSR count). The third-order valence-corrected chi connectivity index (χ3v) is 11.9. The van der Waals surface area contributed by atoms with Crippen molar-refractivity contribution in [3.8, 4) is 22.3 Å². The summed E-state index contributed by atoms with van der Waals surface area (Å²) >= 11 is 0. The van der Waals surface area contributed by atoms with E-state index in [0.29, 0.717) is 0 Å². The molecule has 7 aromatic carbocycles. The summed E-state index contributed by atoms with van der Waals surface area (Å²) in [4.78, 5) is 2.48. The standard InChI is InChI=1S/C56H41N/c1-2-8-20-41(19-7-1)43-31-34-48(35-32-43)57(55-38-33-45(42-21-9-3-10-22-42)39-52(55)44-23-11-4-12-24-44)49-36-37-51-50-29-17-18-30-53(50)56(54(51)40-49,46-25-13-5-14-26-46)47-27-15-6-16-28-47/h1-7,9-15,17-27,29-40,51,54H,8H2/t51-,54?,56?/m0/s1. The first-order valence-corrected chi connectivity index (χ1v) is 19.9. The first kappa shape index (κ1) is 34.4. The molecule has 2 unspecified atom stereocenters. The van der Waals surface area contributed by atoms with E-state index in [2.05, 4.69) is 235 Å². The van der Waals surface area contributed by atoms with Crippen LogP contribution in [0.3, 0.4) is 0 Å². The van der Waals surface area contributed by atoms with Crippen LogP contribution in [0.5, 0.6) is 0 Å². The lowest BCUT2D eigenvalue weighted by atomic mass is 9.63. The smallest absolute Gasteiger partial charge is 0.0605 e. The molecule has 57 heavy (non-hydrogen) atoms.